The number of benzene rings is 4. The van der Waals surface area contributed by atoms with Gasteiger partial charge in [-0.1, -0.05) is 61.5 Å². The molecular weight excluding hydrogens is 703 g/mol. The van der Waals surface area contributed by atoms with E-state index in [0.717, 1.165) is 68.1 Å². The number of anilines is 2. The molecule has 0 saturated carbocycles. The molecule has 6 aliphatic heterocycles. The van der Waals surface area contributed by atoms with Crippen molar-refractivity contribution in [1.82, 2.24) is 15.1 Å². The number of nitrogens with zero attached hydrogens (tertiary/aromatic N) is 4. The average Bonchev–Trinajstić information content (AvgIpc) is 3.48. The molecule has 10 heteroatoms. The minimum atomic E-state index is -0.959. The lowest BCUT2D eigenvalue weighted by Gasteiger charge is -2.58. The van der Waals surface area contributed by atoms with Gasteiger partial charge in [0, 0.05) is 62.6 Å². The first-order chi connectivity index (χ1) is 27.2. The molecule has 4 amide bonds. The number of piperazine rings is 1. The number of nitrogens with one attached hydrogen (secondary N) is 1. The van der Waals surface area contributed by atoms with E-state index < -0.39 is 23.8 Å². The van der Waals surface area contributed by atoms with Crippen LogP contribution in [0.1, 0.15) is 82.9 Å². The summed E-state index contributed by atoms with van der Waals surface area (Å²) in [5, 5.41) is 12.3. The summed E-state index contributed by atoms with van der Waals surface area (Å²) in [4.78, 5) is 59.3. The number of fused-ring (bicyclic) bond motifs is 3. The number of hydrogen-bond donors (Lipinski definition) is 2. The van der Waals surface area contributed by atoms with Crippen LogP contribution in [-0.2, 0) is 9.59 Å². The van der Waals surface area contributed by atoms with Crippen LogP contribution in [0.25, 0.3) is 11.1 Å². The lowest BCUT2D eigenvalue weighted by atomic mass is 9.84. The maximum atomic E-state index is 13.4. The topological polar surface area (TPSA) is 114 Å². The normalized spacial score (nSPS) is 23.2. The van der Waals surface area contributed by atoms with Gasteiger partial charge in [0.25, 0.3) is 11.8 Å². The molecule has 0 spiro atoms. The van der Waals surface area contributed by atoms with Gasteiger partial charge in [-0.05, 0) is 108 Å². The van der Waals surface area contributed by atoms with Crippen molar-refractivity contribution < 1.29 is 24.3 Å². The Balaban J connectivity index is 0.815. The van der Waals surface area contributed by atoms with Crippen molar-refractivity contribution in [2.45, 2.75) is 63.6 Å². The quantitative estimate of drug-likeness (QED) is 0.151. The van der Waals surface area contributed by atoms with Crippen LogP contribution in [0, 0.1) is 5.92 Å². The Bertz CT molecular complexity index is 2200. The predicted octanol–water partition coefficient (Wildman–Crippen LogP) is 6.34. The van der Waals surface area contributed by atoms with Crippen LogP contribution in [-0.4, -0.2) is 89.4 Å². The maximum Gasteiger partial charge on any atom is 0.262 e. The molecule has 4 aromatic rings. The molecule has 5 saturated heterocycles. The van der Waals surface area contributed by atoms with E-state index in [2.05, 4.69) is 75.5 Å². The molecule has 3 unspecified atom stereocenters. The summed E-state index contributed by atoms with van der Waals surface area (Å²) < 4.78 is 0. The van der Waals surface area contributed by atoms with Crippen LogP contribution >= 0.6 is 0 Å². The molecule has 0 aromatic heterocycles. The van der Waals surface area contributed by atoms with Gasteiger partial charge in [-0.15, -0.1) is 0 Å². The number of rotatable bonds is 9. The Morgan fingerprint density at radius 1 is 0.714 bits per heavy atom. The molecule has 10 rings (SSSR count). The molecule has 6 aliphatic rings. The summed E-state index contributed by atoms with van der Waals surface area (Å²) in [7, 11) is 0. The fraction of sp³-hybridized carbons (Fsp3) is 0.348. The number of piperidine rings is 3. The third-order valence-corrected chi connectivity index (χ3v) is 12.7. The number of phenolic OH excluding ortho intramolecular Hbond substituents is 1. The molecule has 6 heterocycles. The largest absolute Gasteiger partial charge is 0.508 e. The van der Waals surface area contributed by atoms with Gasteiger partial charge in [0.1, 0.15) is 11.8 Å². The molecule has 0 aliphatic carbocycles. The number of imide groups is 2. The van der Waals surface area contributed by atoms with Gasteiger partial charge in [0.2, 0.25) is 11.8 Å². The zero-order valence-electron chi connectivity index (χ0n) is 31.7. The second-order valence-corrected chi connectivity index (χ2v) is 15.9. The second kappa shape index (κ2) is 14.7. The average molecular weight is 750 g/mol. The van der Waals surface area contributed by atoms with E-state index in [1.54, 1.807) is 18.2 Å². The van der Waals surface area contributed by atoms with E-state index in [4.69, 9.17) is 0 Å². The Morgan fingerprint density at radius 3 is 2.02 bits per heavy atom. The van der Waals surface area contributed by atoms with Crippen LogP contribution in [0.4, 0.5) is 11.4 Å². The van der Waals surface area contributed by atoms with E-state index in [0.29, 0.717) is 29.1 Å². The van der Waals surface area contributed by atoms with Gasteiger partial charge >= 0.3 is 0 Å². The van der Waals surface area contributed by atoms with Gasteiger partial charge in [-0.25, -0.2) is 0 Å². The SMILES string of the molecule is CCC(=C(c1ccc(O)cc1)c1ccc(N2CCC(CN3C4CC3CN(c3ccc5c(c3)C(=O)N(C3CCC(=O)NC3=O)C5=O)C4)CC2)cc1)c1ccccc1. The Kier molecular flexibility index (Phi) is 9.45. The highest BCUT2D eigenvalue weighted by molar-refractivity contribution is 6.23. The Morgan fingerprint density at radius 2 is 1.36 bits per heavy atom. The van der Waals surface area contributed by atoms with Gasteiger partial charge < -0.3 is 14.9 Å². The van der Waals surface area contributed by atoms with E-state index >= 15 is 0 Å². The first-order valence-corrected chi connectivity index (χ1v) is 20.1. The molecule has 286 valence electrons. The monoisotopic (exact) mass is 749 g/mol. The minimum Gasteiger partial charge on any atom is -0.508 e. The number of aromatic hydroxyl groups is 1. The maximum absolute atomic E-state index is 13.4. The van der Waals surface area contributed by atoms with Crippen LogP contribution in [0.5, 0.6) is 5.75 Å². The van der Waals surface area contributed by atoms with Gasteiger partial charge in [-0.2, -0.15) is 0 Å². The smallest absolute Gasteiger partial charge is 0.262 e. The van der Waals surface area contributed by atoms with Crippen LogP contribution in [0.3, 0.4) is 0 Å². The third kappa shape index (κ3) is 6.55. The third-order valence-electron chi connectivity index (χ3n) is 12.7. The van der Waals surface area contributed by atoms with Gasteiger partial charge in [0.05, 0.1) is 11.1 Å². The van der Waals surface area contributed by atoms with Crippen molar-refractivity contribution in [3.63, 3.8) is 0 Å². The number of amides is 4. The van der Waals surface area contributed by atoms with Crippen molar-refractivity contribution >= 4 is 46.1 Å². The summed E-state index contributed by atoms with van der Waals surface area (Å²) in [5.74, 6) is -0.993. The number of carbonyl (C=O) groups excluding carboxylic acids is 4. The highest BCUT2D eigenvalue weighted by Crippen LogP contribution is 2.40. The molecule has 2 N–H and O–H groups in total. The fourth-order valence-electron chi connectivity index (χ4n) is 9.67. The van der Waals surface area contributed by atoms with Crippen molar-refractivity contribution in [1.29, 1.82) is 0 Å². The Labute approximate surface area is 327 Å². The minimum absolute atomic E-state index is 0.104. The van der Waals surface area contributed by atoms with Gasteiger partial charge in [-0.3, -0.25) is 34.3 Å². The molecule has 0 radical (unpaired) electrons. The first kappa shape index (κ1) is 35.9. The molecule has 56 heavy (non-hydrogen) atoms. The Hall–Kier alpha value is -5.74. The van der Waals surface area contributed by atoms with Gasteiger partial charge in [0.15, 0.2) is 0 Å². The first-order valence-electron chi connectivity index (χ1n) is 20.1. The van der Waals surface area contributed by atoms with Crippen molar-refractivity contribution in [2.75, 3.05) is 42.5 Å². The zero-order chi connectivity index (χ0) is 38.5. The van der Waals surface area contributed by atoms with Crippen LogP contribution in [0.15, 0.2) is 97.1 Å². The van der Waals surface area contributed by atoms with E-state index in [1.165, 1.54) is 34.4 Å². The predicted molar refractivity (Wildman–Crippen MR) is 216 cm³/mol. The van der Waals surface area contributed by atoms with E-state index in [9.17, 15) is 24.3 Å². The van der Waals surface area contributed by atoms with Crippen molar-refractivity contribution in [3.05, 3.63) is 125 Å². The second-order valence-electron chi connectivity index (χ2n) is 15.9. The lowest BCUT2D eigenvalue weighted by Crippen LogP contribution is -2.69. The summed E-state index contributed by atoms with van der Waals surface area (Å²) >= 11 is 0. The number of hydrogen-bond acceptors (Lipinski definition) is 8. The number of phenols is 1. The molecular formula is C46H47N5O5. The summed E-state index contributed by atoms with van der Waals surface area (Å²) in [6.07, 6.45) is 4.62. The molecule has 3 atom stereocenters. The lowest BCUT2D eigenvalue weighted by molar-refractivity contribution is -0.136. The van der Waals surface area contributed by atoms with Crippen LogP contribution < -0.4 is 15.1 Å². The van der Waals surface area contributed by atoms with E-state index in [1.807, 2.05) is 30.3 Å². The number of carbonyl (C=O) groups is 4. The van der Waals surface area contributed by atoms with Crippen molar-refractivity contribution in [3.8, 4) is 5.75 Å². The summed E-state index contributed by atoms with van der Waals surface area (Å²) in [6, 6.07) is 32.5. The fourth-order valence-corrected chi connectivity index (χ4v) is 9.67. The molecule has 5 fully saturated rings. The van der Waals surface area contributed by atoms with E-state index in [-0.39, 0.29) is 24.5 Å². The standard InChI is InChI=1S/C46H47N5O5/c1-2-38(30-6-4-3-5-7-30)43(32-10-15-37(52)16-11-32)31-8-12-33(13-9-31)48-22-20-29(21-23-48)26-50-35-24-36(50)28-49(27-35)34-14-17-39-40(25-34)46(56)51(45(39)55)41-18-19-42(53)47-44(41)54/h3-17,25,29,35-36,41,52H,2,18-24,26-28H2,1H3,(H,47,53,54). The van der Waals surface area contributed by atoms with Crippen LogP contribution in [0.2, 0.25) is 0 Å². The van der Waals surface area contributed by atoms with Crippen molar-refractivity contribution in [2.24, 2.45) is 5.92 Å². The summed E-state index contributed by atoms with van der Waals surface area (Å²) in [6.45, 7) is 7.12. The summed E-state index contributed by atoms with van der Waals surface area (Å²) in [5.41, 5.74) is 8.78. The highest BCUT2D eigenvalue weighted by atomic mass is 16.3. The molecule has 2 bridgehead atoms. The number of allylic oxidation sites excluding steroid dienone is 1. The highest BCUT2D eigenvalue weighted by Gasteiger charge is 2.47. The zero-order valence-corrected chi connectivity index (χ0v) is 31.7. The molecule has 10 nitrogen and oxygen atoms in total. The molecule has 4 aromatic carbocycles.